The molecule has 0 fully saturated rings. The van der Waals surface area contributed by atoms with Crippen molar-refractivity contribution in [2.45, 2.75) is 19.9 Å². The van der Waals surface area contributed by atoms with Crippen LogP contribution in [0.15, 0.2) is 47.4 Å². The lowest BCUT2D eigenvalue weighted by Gasteiger charge is -2.13. The van der Waals surface area contributed by atoms with Gasteiger partial charge in [0.25, 0.3) is 0 Å². The van der Waals surface area contributed by atoms with Crippen molar-refractivity contribution < 1.29 is 14.3 Å². The van der Waals surface area contributed by atoms with Gasteiger partial charge in [-0.05, 0) is 43.2 Å². The fourth-order valence-electron chi connectivity index (χ4n) is 2.94. The van der Waals surface area contributed by atoms with E-state index in [1.807, 2.05) is 12.1 Å². The van der Waals surface area contributed by atoms with E-state index in [0.717, 1.165) is 5.56 Å². The van der Waals surface area contributed by atoms with Gasteiger partial charge in [0.15, 0.2) is 0 Å². The number of hydrogen-bond acceptors (Lipinski definition) is 5. The lowest BCUT2D eigenvalue weighted by atomic mass is 10.1. The van der Waals surface area contributed by atoms with E-state index < -0.39 is 11.4 Å². The Kier molecular flexibility index (Phi) is 6.29. The van der Waals surface area contributed by atoms with E-state index in [4.69, 9.17) is 11.6 Å². The summed E-state index contributed by atoms with van der Waals surface area (Å²) in [4.78, 5) is 41.4. The Bertz CT molecular complexity index is 1120. The Hall–Kier alpha value is -3.19. The van der Waals surface area contributed by atoms with Crippen LogP contribution in [0.5, 0.6) is 0 Å². The van der Waals surface area contributed by atoms with E-state index in [1.165, 1.54) is 17.9 Å². The average Bonchev–Trinajstić information content (AvgIpc) is 2.71. The summed E-state index contributed by atoms with van der Waals surface area (Å²) in [6.45, 7) is 2.14. The Balaban J connectivity index is 1.80. The molecule has 2 aromatic heterocycles. The fraction of sp³-hybridized carbons (Fsp3) is 0.238. The standard InChI is InChI=1S/C21H20ClN3O4/c1-13-3-8-16-19(27)17(21(28)29-2)11-25(20(16)24-13)12-18(26)23-10-9-14-4-6-15(22)7-5-14/h3-8,11H,9-10,12H2,1-2H3,(H,23,26). The molecule has 3 rings (SSSR count). The van der Waals surface area contributed by atoms with Crippen molar-refractivity contribution in [2.75, 3.05) is 13.7 Å². The average molecular weight is 414 g/mol. The number of carbonyl (C=O) groups excluding carboxylic acids is 2. The second-order valence-electron chi connectivity index (χ2n) is 6.54. The van der Waals surface area contributed by atoms with Crippen LogP contribution < -0.4 is 10.7 Å². The summed E-state index contributed by atoms with van der Waals surface area (Å²) >= 11 is 5.87. The van der Waals surface area contributed by atoms with Crippen LogP contribution in [0.4, 0.5) is 0 Å². The molecule has 0 aliphatic carbocycles. The topological polar surface area (TPSA) is 90.3 Å². The Morgan fingerprint density at radius 2 is 1.90 bits per heavy atom. The van der Waals surface area contributed by atoms with E-state index in [1.54, 1.807) is 31.2 Å². The molecular formula is C21H20ClN3O4. The molecule has 0 bridgehead atoms. The van der Waals surface area contributed by atoms with E-state index >= 15 is 0 Å². The summed E-state index contributed by atoms with van der Waals surface area (Å²) in [5, 5.41) is 3.75. The number of nitrogens with one attached hydrogen (secondary N) is 1. The molecule has 1 N–H and O–H groups in total. The van der Waals surface area contributed by atoms with Crippen molar-refractivity contribution in [3.05, 3.63) is 74.7 Å². The van der Waals surface area contributed by atoms with E-state index in [2.05, 4.69) is 15.0 Å². The smallest absolute Gasteiger partial charge is 0.343 e. The minimum Gasteiger partial charge on any atom is -0.465 e. The van der Waals surface area contributed by atoms with Gasteiger partial charge in [0, 0.05) is 23.5 Å². The molecule has 0 unspecified atom stereocenters. The summed E-state index contributed by atoms with van der Waals surface area (Å²) < 4.78 is 6.18. The SMILES string of the molecule is COC(=O)c1cn(CC(=O)NCCc2ccc(Cl)cc2)c2nc(C)ccc2c1=O. The highest BCUT2D eigenvalue weighted by molar-refractivity contribution is 6.30. The molecule has 7 nitrogen and oxygen atoms in total. The monoisotopic (exact) mass is 413 g/mol. The number of nitrogens with zero attached hydrogens (tertiary/aromatic N) is 2. The van der Waals surface area contributed by atoms with Crippen LogP contribution in [0.25, 0.3) is 11.0 Å². The van der Waals surface area contributed by atoms with Crippen LogP contribution in [0, 0.1) is 6.92 Å². The molecule has 0 aliphatic heterocycles. The van der Waals surface area contributed by atoms with Crippen LogP contribution in [0.1, 0.15) is 21.6 Å². The molecule has 8 heteroatoms. The zero-order valence-electron chi connectivity index (χ0n) is 16.1. The molecule has 29 heavy (non-hydrogen) atoms. The minimum absolute atomic E-state index is 0.0855. The number of fused-ring (bicyclic) bond motifs is 1. The fourth-order valence-corrected chi connectivity index (χ4v) is 3.07. The van der Waals surface area contributed by atoms with Gasteiger partial charge in [-0.15, -0.1) is 0 Å². The number of aryl methyl sites for hydroxylation is 1. The Morgan fingerprint density at radius 3 is 2.59 bits per heavy atom. The molecule has 3 aromatic rings. The predicted octanol–water partition coefficient (Wildman–Crippen LogP) is 2.50. The van der Waals surface area contributed by atoms with Gasteiger partial charge in [-0.3, -0.25) is 9.59 Å². The summed E-state index contributed by atoms with van der Waals surface area (Å²) in [5.41, 5.74) is 1.47. The third kappa shape index (κ3) is 4.81. The zero-order valence-corrected chi connectivity index (χ0v) is 16.8. The second kappa shape index (κ2) is 8.87. The van der Waals surface area contributed by atoms with Crippen molar-refractivity contribution in [3.8, 4) is 0 Å². The highest BCUT2D eigenvalue weighted by Crippen LogP contribution is 2.12. The number of hydrogen-bond donors (Lipinski definition) is 1. The number of esters is 1. The number of aromatic nitrogens is 2. The molecule has 150 valence electrons. The van der Waals surface area contributed by atoms with Crippen LogP contribution >= 0.6 is 11.6 Å². The van der Waals surface area contributed by atoms with Crippen LogP contribution in [0.2, 0.25) is 5.02 Å². The van der Waals surface area contributed by atoms with Crippen molar-refractivity contribution in [2.24, 2.45) is 0 Å². The maximum atomic E-state index is 12.6. The zero-order chi connectivity index (χ0) is 21.0. The van der Waals surface area contributed by atoms with Crippen LogP contribution in [-0.4, -0.2) is 35.1 Å². The van der Waals surface area contributed by atoms with Gasteiger partial charge in [-0.2, -0.15) is 0 Å². The van der Waals surface area contributed by atoms with E-state index in [9.17, 15) is 14.4 Å². The third-order valence-corrected chi connectivity index (χ3v) is 4.68. The third-order valence-electron chi connectivity index (χ3n) is 4.43. The molecule has 0 atom stereocenters. The van der Waals surface area contributed by atoms with Crippen molar-refractivity contribution in [1.82, 2.24) is 14.9 Å². The lowest BCUT2D eigenvalue weighted by molar-refractivity contribution is -0.121. The molecule has 1 amide bonds. The number of methoxy groups -OCH3 is 1. The van der Waals surface area contributed by atoms with Crippen molar-refractivity contribution >= 4 is 34.5 Å². The van der Waals surface area contributed by atoms with Crippen molar-refractivity contribution in [1.29, 1.82) is 0 Å². The summed E-state index contributed by atoms with van der Waals surface area (Å²) in [6, 6.07) is 10.7. The van der Waals surface area contributed by atoms with Crippen LogP contribution in [0.3, 0.4) is 0 Å². The van der Waals surface area contributed by atoms with E-state index in [-0.39, 0.29) is 23.4 Å². The number of ether oxygens (including phenoxy) is 1. The predicted molar refractivity (Wildman–Crippen MR) is 110 cm³/mol. The highest BCUT2D eigenvalue weighted by atomic mass is 35.5. The second-order valence-corrected chi connectivity index (χ2v) is 6.98. The number of amides is 1. The normalized spacial score (nSPS) is 10.7. The first-order valence-electron chi connectivity index (χ1n) is 8.99. The number of halogens is 1. The molecular weight excluding hydrogens is 394 g/mol. The van der Waals surface area contributed by atoms with Gasteiger partial charge in [0.1, 0.15) is 17.8 Å². The first kappa shape index (κ1) is 20.5. The molecule has 0 spiro atoms. The van der Waals surface area contributed by atoms with E-state index in [0.29, 0.717) is 29.3 Å². The summed E-state index contributed by atoms with van der Waals surface area (Å²) in [5.74, 6) is -1.02. The number of carbonyl (C=O) groups is 2. The Morgan fingerprint density at radius 1 is 1.17 bits per heavy atom. The molecule has 0 saturated carbocycles. The number of benzene rings is 1. The first-order chi connectivity index (χ1) is 13.9. The highest BCUT2D eigenvalue weighted by Gasteiger charge is 2.18. The van der Waals surface area contributed by atoms with Crippen LogP contribution in [-0.2, 0) is 22.5 Å². The minimum atomic E-state index is -0.755. The largest absolute Gasteiger partial charge is 0.465 e. The molecule has 0 radical (unpaired) electrons. The lowest BCUT2D eigenvalue weighted by Crippen LogP contribution is -2.31. The Labute approximate surface area is 172 Å². The first-order valence-corrected chi connectivity index (χ1v) is 9.37. The summed E-state index contributed by atoms with van der Waals surface area (Å²) in [7, 11) is 1.20. The van der Waals surface area contributed by atoms with Gasteiger partial charge in [-0.25, -0.2) is 9.78 Å². The molecule has 0 saturated heterocycles. The van der Waals surface area contributed by atoms with Gasteiger partial charge in [0.2, 0.25) is 11.3 Å². The maximum Gasteiger partial charge on any atom is 0.343 e. The van der Waals surface area contributed by atoms with Gasteiger partial charge < -0.3 is 14.6 Å². The number of pyridine rings is 2. The van der Waals surface area contributed by atoms with Gasteiger partial charge >= 0.3 is 5.97 Å². The molecule has 1 aromatic carbocycles. The quantitative estimate of drug-likeness (QED) is 0.627. The molecule has 0 aliphatic rings. The molecule has 2 heterocycles. The summed E-state index contributed by atoms with van der Waals surface area (Å²) in [6.07, 6.45) is 1.97. The van der Waals surface area contributed by atoms with Gasteiger partial charge in [-0.1, -0.05) is 23.7 Å². The maximum absolute atomic E-state index is 12.6. The van der Waals surface area contributed by atoms with Gasteiger partial charge in [0.05, 0.1) is 12.5 Å². The van der Waals surface area contributed by atoms with Crippen molar-refractivity contribution in [3.63, 3.8) is 0 Å². The number of rotatable bonds is 6.